The molecule has 0 aliphatic heterocycles. The Morgan fingerprint density at radius 1 is 1.33 bits per heavy atom. The minimum absolute atomic E-state index is 0.0153. The van der Waals surface area contributed by atoms with Gasteiger partial charge in [0.15, 0.2) is 0 Å². The van der Waals surface area contributed by atoms with E-state index in [2.05, 4.69) is 5.32 Å². The molecular formula is C11H17NO3. The number of nitrogens with one attached hydrogen (secondary N) is 1. The number of ether oxygens (including phenoxy) is 1. The van der Waals surface area contributed by atoms with Crippen molar-refractivity contribution in [2.24, 2.45) is 0 Å². The first-order chi connectivity index (χ1) is 7.31. The molecule has 0 fully saturated rings. The molecule has 0 aliphatic carbocycles. The summed E-state index contributed by atoms with van der Waals surface area (Å²) >= 11 is 0. The zero-order valence-electron chi connectivity index (χ0n) is 8.81. The lowest BCUT2D eigenvalue weighted by Gasteiger charge is -2.18. The molecule has 4 heteroatoms. The Kier molecular flexibility index (Phi) is 4.93. The molecule has 0 aromatic heterocycles. The van der Waals surface area contributed by atoms with Crippen LogP contribution in [0.4, 0.5) is 5.69 Å². The van der Waals surface area contributed by atoms with Crippen molar-refractivity contribution in [3.8, 4) is 5.75 Å². The molecule has 15 heavy (non-hydrogen) atoms. The molecule has 0 saturated carbocycles. The summed E-state index contributed by atoms with van der Waals surface area (Å²) in [6.07, 6.45) is 0.508. The van der Waals surface area contributed by atoms with Crippen molar-refractivity contribution >= 4 is 5.69 Å². The van der Waals surface area contributed by atoms with Crippen molar-refractivity contribution in [3.05, 3.63) is 24.3 Å². The first-order valence-electron chi connectivity index (χ1n) is 4.93. The summed E-state index contributed by atoms with van der Waals surface area (Å²) < 4.78 is 5.16. The van der Waals surface area contributed by atoms with Gasteiger partial charge in [-0.25, -0.2) is 0 Å². The van der Waals surface area contributed by atoms with Crippen LogP contribution in [0.1, 0.15) is 6.42 Å². The SMILES string of the molecule is COc1ccccc1NC(CO)CCO. The summed E-state index contributed by atoms with van der Waals surface area (Å²) in [5, 5.41) is 21.0. The van der Waals surface area contributed by atoms with Crippen LogP contribution in [0.15, 0.2) is 24.3 Å². The van der Waals surface area contributed by atoms with Crippen LogP contribution in [-0.4, -0.2) is 36.6 Å². The summed E-state index contributed by atoms with van der Waals surface area (Å²) in [6.45, 7) is 0.0337. The molecule has 1 aromatic rings. The highest BCUT2D eigenvalue weighted by atomic mass is 16.5. The molecule has 0 amide bonds. The molecule has 3 N–H and O–H groups in total. The van der Waals surface area contributed by atoms with E-state index in [4.69, 9.17) is 14.9 Å². The van der Waals surface area contributed by atoms with Crippen LogP contribution in [-0.2, 0) is 0 Å². The van der Waals surface area contributed by atoms with Crippen LogP contribution in [0.3, 0.4) is 0 Å². The van der Waals surface area contributed by atoms with Crippen molar-refractivity contribution in [2.75, 3.05) is 25.6 Å². The molecular weight excluding hydrogens is 194 g/mol. The number of aliphatic hydroxyl groups excluding tert-OH is 2. The third-order valence-corrected chi connectivity index (χ3v) is 2.16. The molecule has 4 nitrogen and oxygen atoms in total. The van der Waals surface area contributed by atoms with Crippen LogP contribution in [0, 0.1) is 0 Å². The minimum atomic E-state index is -0.147. The van der Waals surface area contributed by atoms with Crippen molar-refractivity contribution in [1.29, 1.82) is 0 Å². The first-order valence-corrected chi connectivity index (χ1v) is 4.93. The van der Waals surface area contributed by atoms with E-state index in [1.54, 1.807) is 7.11 Å². The summed E-state index contributed by atoms with van der Waals surface area (Å²) in [5.74, 6) is 0.730. The van der Waals surface area contributed by atoms with E-state index in [0.29, 0.717) is 6.42 Å². The fourth-order valence-electron chi connectivity index (χ4n) is 1.35. The second-order valence-corrected chi connectivity index (χ2v) is 3.24. The van der Waals surface area contributed by atoms with Gasteiger partial charge in [0.1, 0.15) is 5.75 Å². The zero-order chi connectivity index (χ0) is 11.1. The summed E-state index contributed by atoms with van der Waals surface area (Å²) in [4.78, 5) is 0. The van der Waals surface area contributed by atoms with Gasteiger partial charge in [-0.15, -0.1) is 0 Å². The normalized spacial score (nSPS) is 12.2. The van der Waals surface area contributed by atoms with Gasteiger partial charge < -0.3 is 20.3 Å². The maximum atomic E-state index is 9.07. The lowest BCUT2D eigenvalue weighted by atomic mass is 10.2. The quantitative estimate of drug-likeness (QED) is 0.653. The Balaban J connectivity index is 2.69. The van der Waals surface area contributed by atoms with E-state index >= 15 is 0 Å². The maximum Gasteiger partial charge on any atom is 0.141 e. The Morgan fingerprint density at radius 2 is 2.07 bits per heavy atom. The van der Waals surface area contributed by atoms with E-state index in [0.717, 1.165) is 11.4 Å². The van der Waals surface area contributed by atoms with E-state index < -0.39 is 0 Å². The molecule has 0 aliphatic rings. The van der Waals surface area contributed by atoms with E-state index in [1.807, 2.05) is 24.3 Å². The van der Waals surface area contributed by atoms with Gasteiger partial charge in [-0.3, -0.25) is 0 Å². The number of benzene rings is 1. The molecule has 1 rings (SSSR count). The number of hydrogen-bond acceptors (Lipinski definition) is 4. The zero-order valence-corrected chi connectivity index (χ0v) is 8.81. The fraction of sp³-hybridized carbons (Fsp3) is 0.455. The van der Waals surface area contributed by atoms with Gasteiger partial charge in [-0.05, 0) is 18.6 Å². The average molecular weight is 211 g/mol. The van der Waals surface area contributed by atoms with Crippen LogP contribution in [0.25, 0.3) is 0 Å². The van der Waals surface area contributed by atoms with Crippen LogP contribution >= 0.6 is 0 Å². The number of methoxy groups -OCH3 is 1. The van der Waals surface area contributed by atoms with Crippen LogP contribution < -0.4 is 10.1 Å². The third-order valence-electron chi connectivity index (χ3n) is 2.16. The number of hydrogen-bond donors (Lipinski definition) is 3. The summed E-state index contributed by atoms with van der Waals surface area (Å²) in [6, 6.07) is 7.34. The van der Waals surface area contributed by atoms with Gasteiger partial charge >= 0.3 is 0 Å². The Labute approximate surface area is 89.5 Å². The lowest BCUT2D eigenvalue weighted by molar-refractivity contribution is 0.228. The monoisotopic (exact) mass is 211 g/mol. The Hall–Kier alpha value is -1.26. The second-order valence-electron chi connectivity index (χ2n) is 3.24. The molecule has 84 valence electrons. The molecule has 0 radical (unpaired) electrons. The van der Waals surface area contributed by atoms with Gasteiger partial charge in [0.2, 0.25) is 0 Å². The van der Waals surface area contributed by atoms with E-state index in [9.17, 15) is 0 Å². The molecule has 1 atom stereocenters. The van der Waals surface area contributed by atoms with E-state index in [1.165, 1.54) is 0 Å². The highest BCUT2D eigenvalue weighted by molar-refractivity contribution is 5.56. The number of rotatable bonds is 6. The second kappa shape index (κ2) is 6.27. The highest BCUT2D eigenvalue weighted by Gasteiger charge is 2.08. The topological polar surface area (TPSA) is 61.7 Å². The summed E-state index contributed by atoms with van der Waals surface area (Å²) in [5.41, 5.74) is 0.826. The van der Waals surface area contributed by atoms with Gasteiger partial charge in [-0.1, -0.05) is 12.1 Å². The number of aliphatic hydroxyl groups is 2. The average Bonchev–Trinajstić information content (AvgIpc) is 2.29. The molecule has 0 heterocycles. The lowest BCUT2D eigenvalue weighted by Crippen LogP contribution is -2.25. The molecule has 0 bridgehead atoms. The molecule has 1 unspecified atom stereocenters. The Morgan fingerprint density at radius 3 is 2.67 bits per heavy atom. The van der Waals surface area contributed by atoms with Crippen molar-refractivity contribution < 1.29 is 14.9 Å². The van der Waals surface area contributed by atoms with E-state index in [-0.39, 0.29) is 19.3 Å². The molecule has 0 saturated heterocycles. The summed E-state index contributed by atoms with van der Waals surface area (Å²) in [7, 11) is 1.60. The molecule has 1 aromatic carbocycles. The van der Waals surface area contributed by atoms with Crippen molar-refractivity contribution in [1.82, 2.24) is 0 Å². The fourth-order valence-corrected chi connectivity index (χ4v) is 1.35. The largest absolute Gasteiger partial charge is 0.495 e. The first kappa shape index (κ1) is 11.8. The standard InChI is InChI=1S/C11H17NO3/c1-15-11-5-3-2-4-10(11)12-9(8-14)6-7-13/h2-5,9,12-14H,6-8H2,1H3. The minimum Gasteiger partial charge on any atom is -0.495 e. The van der Waals surface area contributed by atoms with Crippen molar-refractivity contribution in [2.45, 2.75) is 12.5 Å². The predicted molar refractivity (Wildman–Crippen MR) is 59.2 cm³/mol. The van der Waals surface area contributed by atoms with Gasteiger partial charge in [-0.2, -0.15) is 0 Å². The third kappa shape index (κ3) is 3.42. The maximum absolute atomic E-state index is 9.07. The van der Waals surface area contributed by atoms with Crippen molar-refractivity contribution in [3.63, 3.8) is 0 Å². The smallest absolute Gasteiger partial charge is 0.141 e. The highest BCUT2D eigenvalue weighted by Crippen LogP contribution is 2.23. The molecule has 0 spiro atoms. The van der Waals surface area contributed by atoms with Gasteiger partial charge in [0, 0.05) is 6.61 Å². The van der Waals surface area contributed by atoms with Crippen LogP contribution in [0.5, 0.6) is 5.75 Å². The predicted octanol–water partition coefficient (Wildman–Crippen LogP) is 0.850. The van der Waals surface area contributed by atoms with Crippen LogP contribution in [0.2, 0.25) is 0 Å². The number of anilines is 1. The van der Waals surface area contributed by atoms with Gasteiger partial charge in [0.05, 0.1) is 25.4 Å². The number of para-hydroxylation sites is 2. The Bertz CT molecular complexity index is 291. The van der Waals surface area contributed by atoms with Gasteiger partial charge in [0.25, 0.3) is 0 Å².